The van der Waals surface area contributed by atoms with Gasteiger partial charge >= 0.3 is 0 Å². The van der Waals surface area contributed by atoms with Crippen LogP contribution < -0.4 is 0 Å². The molecule has 2 rings (SSSR count). The quantitative estimate of drug-likeness (QED) is 0.805. The second-order valence-corrected chi connectivity index (χ2v) is 4.86. The standard InChI is InChI=1S/C11H12N2S2/c1-3-9-10(12-6-13-11(9)14)8-4-7(2)15-5-8/h4-6H,3H2,1-2H3,(H,12,13,14). The molecule has 0 unspecified atom stereocenters. The van der Waals surface area contributed by atoms with E-state index < -0.39 is 0 Å². The molecule has 0 atom stereocenters. The molecule has 0 aromatic carbocycles. The predicted molar refractivity (Wildman–Crippen MR) is 66.8 cm³/mol. The summed E-state index contributed by atoms with van der Waals surface area (Å²) in [7, 11) is 0. The number of rotatable bonds is 2. The number of aromatic amines is 1. The van der Waals surface area contributed by atoms with Crippen LogP contribution in [0.1, 0.15) is 17.4 Å². The summed E-state index contributed by atoms with van der Waals surface area (Å²) in [6.45, 7) is 4.21. The molecular weight excluding hydrogens is 224 g/mol. The second-order valence-electron chi connectivity index (χ2n) is 3.36. The van der Waals surface area contributed by atoms with Gasteiger partial charge in [0.25, 0.3) is 0 Å². The molecule has 4 heteroatoms. The van der Waals surface area contributed by atoms with Gasteiger partial charge in [0, 0.05) is 21.4 Å². The average Bonchev–Trinajstić information content (AvgIpc) is 2.64. The van der Waals surface area contributed by atoms with Gasteiger partial charge in [-0.15, -0.1) is 11.3 Å². The molecule has 0 aliphatic carbocycles. The fourth-order valence-electron chi connectivity index (χ4n) is 1.59. The molecule has 2 aromatic rings. The van der Waals surface area contributed by atoms with Crippen LogP contribution in [0.3, 0.4) is 0 Å². The molecule has 15 heavy (non-hydrogen) atoms. The van der Waals surface area contributed by atoms with E-state index in [0.29, 0.717) is 4.64 Å². The van der Waals surface area contributed by atoms with Crippen molar-refractivity contribution in [2.75, 3.05) is 0 Å². The van der Waals surface area contributed by atoms with Crippen molar-refractivity contribution in [1.82, 2.24) is 9.97 Å². The van der Waals surface area contributed by atoms with Crippen LogP contribution in [-0.2, 0) is 6.42 Å². The molecule has 0 amide bonds. The van der Waals surface area contributed by atoms with Crippen molar-refractivity contribution < 1.29 is 0 Å². The highest BCUT2D eigenvalue weighted by molar-refractivity contribution is 7.71. The van der Waals surface area contributed by atoms with Crippen molar-refractivity contribution in [3.8, 4) is 11.3 Å². The molecule has 0 aliphatic heterocycles. The minimum absolute atomic E-state index is 0.704. The molecule has 0 bridgehead atoms. The Labute approximate surface area is 98.0 Å². The summed E-state index contributed by atoms with van der Waals surface area (Å²) in [5.74, 6) is 0. The van der Waals surface area contributed by atoms with Crippen LogP contribution in [0.25, 0.3) is 11.3 Å². The number of hydrogen-bond donors (Lipinski definition) is 1. The van der Waals surface area contributed by atoms with Gasteiger partial charge in [-0.1, -0.05) is 19.1 Å². The lowest BCUT2D eigenvalue weighted by Gasteiger charge is -2.04. The van der Waals surface area contributed by atoms with E-state index in [1.54, 1.807) is 17.7 Å². The van der Waals surface area contributed by atoms with Crippen LogP contribution in [0.5, 0.6) is 0 Å². The topological polar surface area (TPSA) is 28.7 Å². The van der Waals surface area contributed by atoms with Crippen LogP contribution in [-0.4, -0.2) is 9.97 Å². The van der Waals surface area contributed by atoms with E-state index in [2.05, 4.69) is 35.3 Å². The van der Waals surface area contributed by atoms with Crippen LogP contribution in [0, 0.1) is 11.6 Å². The Balaban J connectivity index is 2.62. The average molecular weight is 236 g/mol. The van der Waals surface area contributed by atoms with Gasteiger partial charge in [0.05, 0.1) is 12.0 Å². The van der Waals surface area contributed by atoms with Gasteiger partial charge in [-0.2, -0.15) is 0 Å². The normalized spacial score (nSPS) is 10.5. The molecule has 2 heterocycles. The lowest BCUT2D eigenvalue weighted by atomic mass is 10.1. The van der Waals surface area contributed by atoms with Gasteiger partial charge in [0.1, 0.15) is 4.64 Å². The molecule has 0 saturated heterocycles. The number of hydrogen-bond acceptors (Lipinski definition) is 3. The highest BCUT2D eigenvalue weighted by Crippen LogP contribution is 2.26. The van der Waals surface area contributed by atoms with Crippen molar-refractivity contribution in [3.63, 3.8) is 0 Å². The largest absolute Gasteiger partial charge is 0.346 e. The Hall–Kier alpha value is -1.00. The maximum atomic E-state index is 5.22. The monoisotopic (exact) mass is 236 g/mol. The maximum absolute atomic E-state index is 5.22. The summed E-state index contributed by atoms with van der Waals surface area (Å²) in [5.41, 5.74) is 3.45. The van der Waals surface area contributed by atoms with Crippen molar-refractivity contribution in [3.05, 3.63) is 32.9 Å². The third kappa shape index (κ3) is 2.01. The third-order valence-corrected chi connectivity index (χ3v) is 3.54. The molecule has 2 nitrogen and oxygen atoms in total. The van der Waals surface area contributed by atoms with Crippen molar-refractivity contribution in [2.45, 2.75) is 20.3 Å². The van der Waals surface area contributed by atoms with E-state index in [0.717, 1.165) is 17.7 Å². The first kappa shape index (κ1) is 10.5. The third-order valence-electron chi connectivity index (χ3n) is 2.32. The number of H-pyrrole nitrogens is 1. The van der Waals surface area contributed by atoms with Crippen LogP contribution in [0.4, 0.5) is 0 Å². The fourth-order valence-corrected chi connectivity index (χ4v) is 2.58. The molecule has 0 radical (unpaired) electrons. The van der Waals surface area contributed by atoms with E-state index in [1.165, 1.54) is 10.4 Å². The Bertz CT molecular complexity index is 525. The number of aryl methyl sites for hydroxylation is 1. The number of aromatic nitrogens is 2. The Morgan fingerprint density at radius 2 is 2.33 bits per heavy atom. The van der Waals surface area contributed by atoms with E-state index in [-0.39, 0.29) is 0 Å². The van der Waals surface area contributed by atoms with Crippen LogP contribution in [0.15, 0.2) is 17.8 Å². The van der Waals surface area contributed by atoms with E-state index in [1.807, 2.05) is 0 Å². The molecule has 0 aliphatic rings. The first-order valence-corrected chi connectivity index (χ1v) is 6.13. The van der Waals surface area contributed by atoms with E-state index in [9.17, 15) is 0 Å². The summed E-state index contributed by atoms with van der Waals surface area (Å²) in [6.07, 6.45) is 2.58. The zero-order chi connectivity index (χ0) is 10.8. The van der Waals surface area contributed by atoms with Crippen molar-refractivity contribution >= 4 is 23.6 Å². The molecule has 0 spiro atoms. The lowest BCUT2D eigenvalue weighted by Crippen LogP contribution is -1.94. The summed E-state index contributed by atoms with van der Waals surface area (Å²) < 4.78 is 0.704. The highest BCUT2D eigenvalue weighted by Gasteiger charge is 2.07. The van der Waals surface area contributed by atoms with Crippen molar-refractivity contribution in [2.24, 2.45) is 0 Å². The Morgan fingerprint density at radius 1 is 1.53 bits per heavy atom. The zero-order valence-corrected chi connectivity index (χ0v) is 10.3. The predicted octanol–water partition coefficient (Wildman–Crippen LogP) is 3.74. The molecule has 1 N–H and O–H groups in total. The molecule has 78 valence electrons. The Morgan fingerprint density at radius 3 is 2.93 bits per heavy atom. The smallest absolute Gasteiger partial charge is 0.133 e. The van der Waals surface area contributed by atoms with Gasteiger partial charge in [-0.05, 0) is 19.4 Å². The zero-order valence-electron chi connectivity index (χ0n) is 8.70. The van der Waals surface area contributed by atoms with Gasteiger partial charge in [-0.3, -0.25) is 0 Å². The lowest BCUT2D eigenvalue weighted by molar-refractivity contribution is 1.04. The Kier molecular flexibility index (Phi) is 2.98. The minimum Gasteiger partial charge on any atom is -0.346 e. The van der Waals surface area contributed by atoms with Gasteiger partial charge < -0.3 is 4.98 Å². The van der Waals surface area contributed by atoms with Crippen LogP contribution >= 0.6 is 23.6 Å². The molecule has 2 aromatic heterocycles. The van der Waals surface area contributed by atoms with E-state index >= 15 is 0 Å². The molecule has 0 fully saturated rings. The first-order valence-electron chi connectivity index (χ1n) is 4.84. The minimum atomic E-state index is 0.704. The maximum Gasteiger partial charge on any atom is 0.133 e. The SMILES string of the molecule is CCc1c(-c2csc(C)c2)[nH]cnc1=S. The fraction of sp³-hybridized carbons (Fsp3) is 0.273. The summed E-state index contributed by atoms with van der Waals surface area (Å²) in [5, 5.41) is 2.15. The highest BCUT2D eigenvalue weighted by atomic mass is 32.1. The summed E-state index contributed by atoms with van der Waals surface area (Å²) >= 11 is 6.97. The summed E-state index contributed by atoms with van der Waals surface area (Å²) in [4.78, 5) is 8.60. The number of nitrogens with one attached hydrogen (secondary N) is 1. The van der Waals surface area contributed by atoms with Gasteiger partial charge in [0.15, 0.2) is 0 Å². The van der Waals surface area contributed by atoms with Gasteiger partial charge in [0.2, 0.25) is 0 Å². The number of thiophene rings is 1. The van der Waals surface area contributed by atoms with Crippen LogP contribution in [0.2, 0.25) is 0 Å². The van der Waals surface area contributed by atoms with Gasteiger partial charge in [-0.25, -0.2) is 4.98 Å². The molecule has 0 saturated carbocycles. The van der Waals surface area contributed by atoms with Crippen molar-refractivity contribution in [1.29, 1.82) is 0 Å². The number of nitrogens with zero attached hydrogens (tertiary/aromatic N) is 1. The second kappa shape index (κ2) is 4.24. The molecular formula is C11H12N2S2. The summed E-state index contributed by atoms with van der Waals surface area (Å²) in [6, 6.07) is 2.17. The van der Waals surface area contributed by atoms with E-state index in [4.69, 9.17) is 12.2 Å². The first-order chi connectivity index (χ1) is 7.22.